The molecule has 15 heavy (non-hydrogen) atoms. The van der Waals surface area contributed by atoms with E-state index in [2.05, 4.69) is 0 Å². The van der Waals surface area contributed by atoms with Gasteiger partial charge in [-0.2, -0.15) is 13.2 Å². The Balaban J connectivity index is 4.52. The lowest BCUT2D eigenvalue weighted by atomic mass is 10.1. The van der Waals surface area contributed by atoms with Crippen molar-refractivity contribution >= 4 is 11.8 Å². The number of halogens is 3. The van der Waals surface area contributed by atoms with E-state index in [1.165, 1.54) is 6.92 Å². The molecule has 0 heterocycles. The second kappa shape index (κ2) is 5.96. The lowest BCUT2D eigenvalue weighted by Gasteiger charge is -2.28. The minimum atomic E-state index is -4.32. The molecule has 0 rings (SSSR count). The lowest BCUT2D eigenvalue weighted by molar-refractivity contribution is -0.132. The average Bonchev–Trinajstić information content (AvgIpc) is 2.10. The fourth-order valence-corrected chi connectivity index (χ4v) is 2.22. The van der Waals surface area contributed by atoms with Gasteiger partial charge in [-0.3, -0.25) is 0 Å². The first-order valence-corrected chi connectivity index (χ1v) is 5.80. The topological polar surface area (TPSA) is 46.2 Å². The summed E-state index contributed by atoms with van der Waals surface area (Å²) in [7, 11) is 0. The molecule has 3 N–H and O–H groups in total. The quantitative estimate of drug-likeness (QED) is 0.780. The Morgan fingerprint density at radius 3 is 2.07 bits per heavy atom. The van der Waals surface area contributed by atoms with Crippen LogP contribution in [0.25, 0.3) is 0 Å². The van der Waals surface area contributed by atoms with Gasteiger partial charge in [0.25, 0.3) is 0 Å². The number of hydrogen-bond donors (Lipinski definition) is 2. The first-order valence-electron chi connectivity index (χ1n) is 4.86. The Hall–Kier alpha value is 0.0600. The third-order valence-corrected chi connectivity index (χ3v) is 3.96. The minimum absolute atomic E-state index is 0.268. The average molecular weight is 245 g/mol. The SMILES string of the molecule is CCC(N)C(SC(C)C(C)O)C(F)(F)F. The maximum Gasteiger partial charge on any atom is 0.402 e. The summed E-state index contributed by atoms with van der Waals surface area (Å²) in [5, 5.41) is 7.08. The molecule has 4 unspecified atom stereocenters. The lowest BCUT2D eigenvalue weighted by Crippen LogP contribution is -2.44. The van der Waals surface area contributed by atoms with Crippen LogP contribution < -0.4 is 5.73 Å². The summed E-state index contributed by atoms with van der Waals surface area (Å²) >= 11 is 0.692. The normalized spacial score (nSPS) is 20.8. The van der Waals surface area contributed by atoms with Crippen molar-refractivity contribution in [3.8, 4) is 0 Å². The molecule has 0 aromatic carbocycles. The summed E-state index contributed by atoms with van der Waals surface area (Å²) < 4.78 is 37.8. The molecule has 4 atom stereocenters. The van der Waals surface area contributed by atoms with E-state index in [1.54, 1.807) is 13.8 Å². The van der Waals surface area contributed by atoms with Crippen LogP contribution in [0.4, 0.5) is 13.2 Å². The number of nitrogens with two attached hydrogens (primary N) is 1. The van der Waals surface area contributed by atoms with Gasteiger partial charge >= 0.3 is 6.18 Å². The highest BCUT2D eigenvalue weighted by Crippen LogP contribution is 2.36. The van der Waals surface area contributed by atoms with Crippen LogP contribution in [0.1, 0.15) is 27.2 Å². The molecule has 0 aliphatic rings. The first kappa shape index (κ1) is 15.1. The van der Waals surface area contributed by atoms with Gasteiger partial charge in [0, 0.05) is 11.3 Å². The molecule has 0 saturated heterocycles. The monoisotopic (exact) mass is 245 g/mol. The zero-order valence-corrected chi connectivity index (χ0v) is 9.90. The molecule has 0 bridgehead atoms. The zero-order valence-electron chi connectivity index (χ0n) is 9.08. The molecular formula is C9H18F3NOS. The van der Waals surface area contributed by atoms with Gasteiger partial charge in [-0.1, -0.05) is 13.8 Å². The van der Waals surface area contributed by atoms with Crippen molar-refractivity contribution in [3.63, 3.8) is 0 Å². The molecular weight excluding hydrogens is 227 g/mol. The molecule has 0 amide bonds. The van der Waals surface area contributed by atoms with Gasteiger partial charge in [-0.05, 0) is 13.3 Å². The van der Waals surface area contributed by atoms with Gasteiger partial charge in [0.05, 0.1) is 6.10 Å². The number of thioether (sulfide) groups is 1. The van der Waals surface area contributed by atoms with Crippen LogP contribution in [-0.4, -0.2) is 33.9 Å². The van der Waals surface area contributed by atoms with Gasteiger partial charge in [0.1, 0.15) is 5.25 Å². The van der Waals surface area contributed by atoms with Crippen molar-refractivity contribution in [2.45, 2.75) is 56.0 Å². The van der Waals surface area contributed by atoms with Crippen molar-refractivity contribution in [2.75, 3.05) is 0 Å². The smallest absolute Gasteiger partial charge is 0.392 e. The molecule has 6 heteroatoms. The van der Waals surface area contributed by atoms with Crippen LogP contribution in [0.5, 0.6) is 0 Å². The van der Waals surface area contributed by atoms with Gasteiger partial charge in [0.2, 0.25) is 0 Å². The van der Waals surface area contributed by atoms with Crippen molar-refractivity contribution in [1.29, 1.82) is 0 Å². The molecule has 0 radical (unpaired) electrons. The van der Waals surface area contributed by atoms with Crippen LogP contribution in [0.2, 0.25) is 0 Å². The molecule has 0 aromatic rings. The molecule has 92 valence electrons. The Morgan fingerprint density at radius 1 is 1.33 bits per heavy atom. The van der Waals surface area contributed by atoms with E-state index in [1.807, 2.05) is 0 Å². The Labute approximate surface area is 92.4 Å². The largest absolute Gasteiger partial charge is 0.402 e. The predicted octanol–water partition coefficient (Wildman–Crippen LogP) is 2.16. The zero-order chi connectivity index (χ0) is 12.2. The van der Waals surface area contributed by atoms with E-state index < -0.39 is 28.8 Å². The van der Waals surface area contributed by atoms with Gasteiger partial charge in [-0.25, -0.2) is 0 Å². The number of alkyl halides is 3. The van der Waals surface area contributed by atoms with Gasteiger partial charge < -0.3 is 10.8 Å². The summed E-state index contributed by atoms with van der Waals surface area (Å²) in [5.41, 5.74) is 5.43. The molecule has 0 saturated carbocycles. The van der Waals surface area contributed by atoms with E-state index in [-0.39, 0.29) is 6.42 Å². The van der Waals surface area contributed by atoms with E-state index in [0.717, 1.165) is 0 Å². The highest BCUT2D eigenvalue weighted by atomic mass is 32.2. The van der Waals surface area contributed by atoms with Crippen LogP contribution >= 0.6 is 11.8 Å². The van der Waals surface area contributed by atoms with Crippen molar-refractivity contribution in [3.05, 3.63) is 0 Å². The molecule has 0 aliphatic carbocycles. The standard InChI is InChI=1S/C9H18F3NOS/c1-4-7(13)8(9(10,11)12)15-6(3)5(2)14/h5-8,14H,4,13H2,1-3H3. The van der Waals surface area contributed by atoms with Crippen molar-refractivity contribution in [1.82, 2.24) is 0 Å². The third-order valence-electron chi connectivity index (χ3n) is 2.22. The van der Waals surface area contributed by atoms with E-state index in [0.29, 0.717) is 11.8 Å². The van der Waals surface area contributed by atoms with E-state index >= 15 is 0 Å². The predicted molar refractivity (Wildman–Crippen MR) is 56.8 cm³/mol. The van der Waals surface area contributed by atoms with Gasteiger partial charge in [-0.15, -0.1) is 11.8 Å². The summed E-state index contributed by atoms with van der Waals surface area (Å²) in [4.78, 5) is 0. The first-order chi connectivity index (χ1) is 6.70. The summed E-state index contributed by atoms with van der Waals surface area (Å²) in [6.45, 7) is 4.66. The second-order valence-corrected chi connectivity index (χ2v) is 5.14. The van der Waals surface area contributed by atoms with Crippen LogP contribution in [0, 0.1) is 0 Å². The van der Waals surface area contributed by atoms with Crippen LogP contribution in [0.3, 0.4) is 0 Å². The summed E-state index contributed by atoms with van der Waals surface area (Å²) in [6, 6.07) is -0.920. The maximum absolute atomic E-state index is 12.6. The summed E-state index contributed by atoms with van der Waals surface area (Å²) in [6.07, 6.45) is -4.82. The molecule has 0 fully saturated rings. The van der Waals surface area contributed by atoms with Crippen molar-refractivity contribution in [2.24, 2.45) is 5.73 Å². The highest BCUT2D eigenvalue weighted by molar-refractivity contribution is 8.00. The van der Waals surface area contributed by atoms with Crippen LogP contribution in [0.15, 0.2) is 0 Å². The Kier molecular flexibility index (Phi) is 5.98. The molecule has 0 spiro atoms. The van der Waals surface area contributed by atoms with Crippen LogP contribution in [-0.2, 0) is 0 Å². The number of aliphatic hydroxyl groups is 1. The van der Waals surface area contributed by atoms with Gasteiger partial charge in [0.15, 0.2) is 0 Å². The Bertz CT molecular complexity index is 187. The number of rotatable bonds is 5. The molecule has 0 aromatic heterocycles. The highest BCUT2D eigenvalue weighted by Gasteiger charge is 2.44. The number of aliphatic hydroxyl groups excluding tert-OH is 1. The second-order valence-electron chi connectivity index (χ2n) is 3.62. The Morgan fingerprint density at radius 2 is 1.80 bits per heavy atom. The minimum Gasteiger partial charge on any atom is -0.392 e. The van der Waals surface area contributed by atoms with E-state index in [4.69, 9.17) is 10.8 Å². The number of hydrogen-bond acceptors (Lipinski definition) is 3. The third kappa shape index (κ3) is 5.08. The molecule has 2 nitrogen and oxygen atoms in total. The summed E-state index contributed by atoms with van der Waals surface area (Å²) in [5.74, 6) is 0. The van der Waals surface area contributed by atoms with E-state index in [9.17, 15) is 13.2 Å². The fraction of sp³-hybridized carbons (Fsp3) is 1.00. The molecule has 0 aliphatic heterocycles. The maximum atomic E-state index is 12.6. The fourth-order valence-electron chi connectivity index (χ4n) is 0.980. The van der Waals surface area contributed by atoms with Crippen molar-refractivity contribution < 1.29 is 18.3 Å².